The molecule has 1 amide bonds. The van der Waals surface area contributed by atoms with Gasteiger partial charge in [-0.25, -0.2) is 0 Å². The van der Waals surface area contributed by atoms with Gasteiger partial charge in [-0.05, 0) is 24.4 Å². The summed E-state index contributed by atoms with van der Waals surface area (Å²) in [5.41, 5.74) is 1.30. The number of hydrogen-bond donors (Lipinski definition) is 1. The molecule has 1 N–H and O–H groups in total. The van der Waals surface area contributed by atoms with Gasteiger partial charge >= 0.3 is 0 Å². The molecule has 2 heterocycles. The number of furan rings is 1. The molecule has 4 nitrogen and oxygen atoms in total. The predicted molar refractivity (Wildman–Crippen MR) is 55.2 cm³/mol. The Morgan fingerprint density at radius 3 is 2.93 bits per heavy atom. The van der Waals surface area contributed by atoms with Crippen LogP contribution in [0, 0.1) is 0 Å². The van der Waals surface area contributed by atoms with Gasteiger partial charge in [0.2, 0.25) is 0 Å². The highest BCUT2D eigenvalue weighted by molar-refractivity contribution is 7.80. The maximum absolute atomic E-state index is 11.5. The van der Waals surface area contributed by atoms with E-state index in [9.17, 15) is 4.79 Å². The Balaban J connectivity index is 2.29. The molecule has 1 aliphatic rings. The first-order valence-corrected chi connectivity index (χ1v) is 4.42. The van der Waals surface area contributed by atoms with E-state index in [1.807, 2.05) is 0 Å². The van der Waals surface area contributed by atoms with Gasteiger partial charge in [-0.2, -0.15) is 0 Å². The van der Waals surface area contributed by atoms with Crippen molar-refractivity contribution in [2.75, 3.05) is 7.05 Å². The van der Waals surface area contributed by atoms with Crippen molar-refractivity contribution in [2.45, 2.75) is 0 Å². The second-order valence-corrected chi connectivity index (χ2v) is 3.30. The van der Waals surface area contributed by atoms with Gasteiger partial charge in [0.1, 0.15) is 5.70 Å². The third-order valence-corrected chi connectivity index (χ3v) is 2.31. The van der Waals surface area contributed by atoms with Gasteiger partial charge in [0.25, 0.3) is 5.91 Å². The van der Waals surface area contributed by atoms with Crippen LogP contribution in [0.4, 0.5) is 0 Å². The molecule has 5 heteroatoms. The topological polar surface area (TPSA) is 45.5 Å². The smallest absolute Gasteiger partial charge is 0.276 e. The van der Waals surface area contributed by atoms with Crippen LogP contribution in [-0.2, 0) is 4.79 Å². The zero-order valence-electron chi connectivity index (χ0n) is 7.48. The van der Waals surface area contributed by atoms with Crippen LogP contribution in [0.3, 0.4) is 0 Å². The van der Waals surface area contributed by atoms with E-state index in [2.05, 4.69) is 5.32 Å². The van der Waals surface area contributed by atoms with Crippen molar-refractivity contribution >= 4 is 29.3 Å². The molecule has 0 saturated carbocycles. The Morgan fingerprint density at radius 1 is 1.64 bits per heavy atom. The lowest BCUT2D eigenvalue weighted by atomic mass is 10.2. The average Bonchev–Trinajstić information content (AvgIpc) is 2.73. The molecule has 0 spiro atoms. The first-order chi connectivity index (χ1) is 6.68. The minimum absolute atomic E-state index is 0.129. The first kappa shape index (κ1) is 8.96. The second kappa shape index (κ2) is 3.26. The fourth-order valence-electron chi connectivity index (χ4n) is 1.15. The van der Waals surface area contributed by atoms with Crippen LogP contribution >= 0.6 is 12.2 Å². The van der Waals surface area contributed by atoms with Gasteiger partial charge in [0, 0.05) is 12.6 Å². The minimum atomic E-state index is -0.129. The Kier molecular flexibility index (Phi) is 2.09. The van der Waals surface area contributed by atoms with E-state index < -0.39 is 0 Å². The van der Waals surface area contributed by atoms with Crippen molar-refractivity contribution in [1.29, 1.82) is 0 Å². The van der Waals surface area contributed by atoms with Crippen molar-refractivity contribution in [2.24, 2.45) is 0 Å². The summed E-state index contributed by atoms with van der Waals surface area (Å²) in [5, 5.41) is 3.24. The Labute approximate surface area is 86.2 Å². The molecule has 1 aromatic rings. The number of carbonyl (C=O) groups is 1. The SMILES string of the molecule is CN1C(=O)C(=Cc2ccoc2)NC1=S. The van der Waals surface area contributed by atoms with Crippen LogP contribution in [-0.4, -0.2) is 23.0 Å². The molecule has 0 radical (unpaired) electrons. The lowest BCUT2D eigenvalue weighted by Crippen LogP contribution is -2.25. The molecular weight excluding hydrogens is 200 g/mol. The summed E-state index contributed by atoms with van der Waals surface area (Å²) in [6.45, 7) is 0. The quantitative estimate of drug-likeness (QED) is 0.551. The molecule has 0 bridgehead atoms. The minimum Gasteiger partial charge on any atom is -0.472 e. The summed E-state index contributed by atoms with van der Waals surface area (Å²) in [4.78, 5) is 12.9. The largest absolute Gasteiger partial charge is 0.472 e. The van der Waals surface area contributed by atoms with Crippen LogP contribution < -0.4 is 5.32 Å². The molecule has 1 saturated heterocycles. The molecule has 2 rings (SSSR count). The van der Waals surface area contributed by atoms with E-state index in [0.29, 0.717) is 10.8 Å². The van der Waals surface area contributed by atoms with Crippen LogP contribution in [0.25, 0.3) is 6.08 Å². The van der Waals surface area contributed by atoms with E-state index in [1.165, 1.54) is 4.90 Å². The van der Waals surface area contributed by atoms with E-state index in [0.717, 1.165) is 5.56 Å². The van der Waals surface area contributed by atoms with Crippen molar-refractivity contribution in [3.05, 3.63) is 29.9 Å². The molecule has 72 valence electrons. The molecule has 0 aliphatic carbocycles. The summed E-state index contributed by atoms with van der Waals surface area (Å²) in [5.74, 6) is -0.129. The second-order valence-electron chi connectivity index (χ2n) is 2.91. The summed E-state index contributed by atoms with van der Waals surface area (Å²) >= 11 is 4.92. The van der Waals surface area contributed by atoms with Gasteiger partial charge in [0.05, 0.1) is 12.5 Å². The maximum Gasteiger partial charge on any atom is 0.276 e. The first-order valence-electron chi connectivity index (χ1n) is 4.01. The number of likely N-dealkylation sites (N-methyl/N-ethyl adjacent to an activating group) is 1. The summed E-state index contributed by atoms with van der Waals surface area (Å²) < 4.78 is 4.88. The highest BCUT2D eigenvalue weighted by Crippen LogP contribution is 2.12. The Hall–Kier alpha value is -1.62. The summed E-state index contributed by atoms with van der Waals surface area (Å²) in [7, 11) is 1.63. The number of nitrogens with zero attached hydrogens (tertiary/aromatic N) is 1. The average molecular weight is 208 g/mol. The number of carbonyl (C=O) groups excluding carboxylic acids is 1. The number of amides is 1. The normalized spacial score (nSPS) is 19.2. The lowest BCUT2D eigenvalue weighted by molar-refractivity contribution is -0.121. The molecule has 1 fully saturated rings. The standard InChI is InChI=1S/C9H8N2O2S/c1-11-8(12)7(10-9(11)14)4-6-2-3-13-5-6/h2-5H,1H3,(H,10,14). The lowest BCUT2D eigenvalue weighted by Gasteiger charge is -2.02. The van der Waals surface area contributed by atoms with Crippen molar-refractivity contribution in [3.8, 4) is 0 Å². The van der Waals surface area contributed by atoms with Gasteiger partial charge in [-0.1, -0.05) is 0 Å². The number of thiocarbonyl (C=S) groups is 1. The van der Waals surface area contributed by atoms with Crippen LogP contribution in [0.2, 0.25) is 0 Å². The number of nitrogens with one attached hydrogen (secondary N) is 1. The number of hydrogen-bond acceptors (Lipinski definition) is 3. The van der Waals surface area contributed by atoms with E-state index in [1.54, 1.807) is 31.7 Å². The van der Waals surface area contributed by atoms with Crippen LogP contribution in [0.15, 0.2) is 28.7 Å². The van der Waals surface area contributed by atoms with E-state index in [-0.39, 0.29) is 5.91 Å². The fraction of sp³-hybridized carbons (Fsp3) is 0.111. The Bertz CT molecular complexity index is 408. The van der Waals surface area contributed by atoms with Crippen LogP contribution in [0.5, 0.6) is 0 Å². The predicted octanol–water partition coefficient (Wildman–Crippen LogP) is 0.967. The Morgan fingerprint density at radius 2 is 2.43 bits per heavy atom. The fourth-order valence-corrected chi connectivity index (χ4v) is 1.34. The molecule has 0 unspecified atom stereocenters. The zero-order valence-corrected chi connectivity index (χ0v) is 8.30. The highest BCUT2D eigenvalue weighted by Gasteiger charge is 2.26. The van der Waals surface area contributed by atoms with Crippen molar-refractivity contribution < 1.29 is 9.21 Å². The molecule has 0 atom stereocenters. The molecular formula is C9H8N2O2S. The molecule has 1 aromatic heterocycles. The van der Waals surface area contributed by atoms with Gasteiger partial charge < -0.3 is 9.73 Å². The summed E-state index contributed by atoms with van der Waals surface area (Å²) in [6.07, 6.45) is 4.80. The molecule has 14 heavy (non-hydrogen) atoms. The van der Waals surface area contributed by atoms with E-state index in [4.69, 9.17) is 16.6 Å². The third kappa shape index (κ3) is 1.42. The maximum atomic E-state index is 11.5. The number of rotatable bonds is 1. The van der Waals surface area contributed by atoms with Crippen molar-refractivity contribution in [1.82, 2.24) is 10.2 Å². The third-order valence-electron chi connectivity index (χ3n) is 1.94. The van der Waals surface area contributed by atoms with E-state index >= 15 is 0 Å². The molecule has 0 aromatic carbocycles. The van der Waals surface area contributed by atoms with Gasteiger partial charge in [-0.15, -0.1) is 0 Å². The van der Waals surface area contributed by atoms with Crippen molar-refractivity contribution in [3.63, 3.8) is 0 Å². The summed E-state index contributed by atoms with van der Waals surface area (Å²) in [6, 6.07) is 1.77. The zero-order chi connectivity index (χ0) is 10.1. The van der Waals surface area contributed by atoms with Gasteiger partial charge in [-0.3, -0.25) is 9.69 Å². The van der Waals surface area contributed by atoms with Gasteiger partial charge in [0.15, 0.2) is 5.11 Å². The monoisotopic (exact) mass is 208 g/mol. The van der Waals surface area contributed by atoms with Crippen LogP contribution in [0.1, 0.15) is 5.56 Å². The molecule has 1 aliphatic heterocycles. The highest BCUT2D eigenvalue weighted by atomic mass is 32.1.